The normalized spacial score (nSPS) is 13.0. The number of aliphatic hydroxyl groups is 2. The van der Waals surface area contributed by atoms with Crippen molar-refractivity contribution in [1.29, 1.82) is 0 Å². The maximum absolute atomic E-state index is 10.3. The molecule has 0 aromatic heterocycles. The van der Waals surface area contributed by atoms with Crippen molar-refractivity contribution in [1.82, 2.24) is 0 Å². The highest BCUT2D eigenvalue weighted by atomic mass is 16.6. The molecule has 2 N–H and O–H groups in total. The highest BCUT2D eigenvalue weighted by Gasteiger charge is 2.00. The minimum Gasteiger partial charge on any atom is -0.463 e. The van der Waals surface area contributed by atoms with Crippen molar-refractivity contribution in [3.8, 4) is 0 Å². The van der Waals surface area contributed by atoms with Crippen LogP contribution < -0.4 is 0 Å². The lowest BCUT2D eigenvalue weighted by Crippen LogP contribution is -2.19. The van der Waals surface area contributed by atoms with E-state index in [1.165, 1.54) is 6.92 Å². The quantitative estimate of drug-likeness (QED) is 0.420. The van der Waals surface area contributed by atoms with Gasteiger partial charge in [0.2, 0.25) is 0 Å². The van der Waals surface area contributed by atoms with Gasteiger partial charge in [-0.1, -0.05) is 0 Å². The average Bonchev–Trinajstić information content (AvgIpc) is 2.44. The van der Waals surface area contributed by atoms with E-state index < -0.39 is 6.10 Å². The zero-order chi connectivity index (χ0) is 16.5. The van der Waals surface area contributed by atoms with Gasteiger partial charge in [-0.3, -0.25) is 4.79 Å². The molecule has 0 amide bonds. The molecule has 0 aliphatic carbocycles. The zero-order valence-electron chi connectivity index (χ0n) is 13.5. The zero-order valence-corrected chi connectivity index (χ0v) is 13.5. The Labute approximate surface area is 127 Å². The molecule has 2 unspecified atom stereocenters. The Morgan fingerprint density at radius 1 is 1.10 bits per heavy atom. The first-order valence-electron chi connectivity index (χ1n) is 7.13. The molecule has 0 aromatic carbocycles. The van der Waals surface area contributed by atoms with Crippen LogP contribution in [0.2, 0.25) is 0 Å². The molecule has 21 heavy (non-hydrogen) atoms. The van der Waals surface area contributed by atoms with E-state index in [0.29, 0.717) is 39.6 Å². The van der Waals surface area contributed by atoms with Crippen LogP contribution in [-0.2, 0) is 23.7 Å². The number of carbonyl (C=O) groups is 1. The fraction of sp³-hybridized carbons (Fsp3) is 0.929. The van der Waals surface area contributed by atoms with Crippen LogP contribution in [0.15, 0.2) is 0 Å². The minimum absolute atomic E-state index is 0.00667. The van der Waals surface area contributed by atoms with Gasteiger partial charge in [0.15, 0.2) is 0 Å². The van der Waals surface area contributed by atoms with Crippen molar-refractivity contribution >= 4 is 5.97 Å². The summed E-state index contributed by atoms with van der Waals surface area (Å²) in [7, 11) is 0. The molecule has 2 atom stereocenters. The van der Waals surface area contributed by atoms with Gasteiger partial charge in [0.05, 0.1) is 45.2 Å². The average molecular weight is 310 g/mol. The first-order valence-corrected chi connectivity index (χ1v) is 7.13. The second-order valence-corrected chi connectivity index (χ2v) is 4.32. The summed E-state index contributed by atoms with van der Waals surface area (Å²) in [5, 5.41) is 17.1. The highest BCUT2D eigenvalue weighted by Crippen LogP contribution is 1.90. The van der Waals surface area contributed by atoms with Crippen molar-refractivity contribution in [3.63, 3.8) is 0 Å². The van der Waals surface area contributed by atoms with Gasteiger partial charge in [-0.2, -0.15) is 0 Å². The predicted molar refractivity (Wildman–Crippen MR) is 78.1 cm³/mol. The van der Waals surface area contributed by atoms with Crippen molar-refractivity contribution < 1.29 is 34.0 Å². The van der Waals surface area contributed by atoms with Crippen molar-refractivity contribution in [2.24, 2.45) is 0 Å². The number of ether oxygens (including phenoxy) is 4. The van der Waals surface area contributed by atoms with Crippen molar-refractivity contribution in [2.75, 3.05) is 46.2 Å². The van der Waals surface area contributed by atoms with E-state index in [9.17, 15) is 4.79 Å². The fourth-order valence-electron chi connectivity index (χ4n) is 0.965. The third-order valence-corrected chi connectivity index (χ3v) is 1.99. The first kappa shape index (κ1) is 22.5. The second-order valence-electron chi connectivity index (χ2n) is 4.32. The maximum Gasteiger partial charge on any atom is 0.302 e. The van der Waals surface area contributed by atoms with Crippen molar-refractivity contribution in [3.05, 3.63) is 0 Å². The lowest BCUT2D eigenvalue weighted by molar-refractivity contribution is -0.142. The molecular formula is C14H30O7. The number of esters is 1. The molecule has 0 saturated heterocycles. The van der Waals surface area contributed by atoms with E-state index in [4.69, 9.17) is 24.4 Å². The van der Waals surface area contributed by atoms with Crippen LogP contribution in [0.4, 0.5) is 0 Å². The number of aliphatic hydroxyl groups excluding tert-OH is 2. The summed E-state index contributed by atoms with van der Waals surface area (Å²) in [5.74, 6) is -0.275. The van der Waals surface area contributed by atoms with Crippen molar-refractivity contribution in [2.45, 2.75) is 39.9 Å². The Kier molecular flexibility index (Phi) is 18.6. The smallest absolute Gasteiger partial charge is 0.302 e. The van der Waals surface area contributed by atoms with E-state index in [2.05, 4.69) is 4.74 Å². The number of rotatable bonds is 11. The van der Waals surface area contributed by atoms with Crippen LogP contribution >= 0.6 is 0 Å². The number of carbonyl (C=O) groups excluding carboxylic acids is 1. The first-order chi connectivity index (χ1) is 9.93. The van der Waals surface area contributed by atoms with Crippen LogP contribution in [0.3, 0.4) is 0 Å². The van der Waals surface area contributed by atoms with E-state index in [-0.39, 0.29) is 18.7 Å². The number of hydrogen-bond acceptors (Lipinski definition) is 7. The summed E-state index contributed by atoms with van der Waals surface area (Å²) in [6, 6.07) is 0. The molecule has 0 radical (unpaired) electrons. The Morgan fingerprint density at radius 3 is 2.14 bits per heavy atom. The Morgan fingerprint density at radius 2 is 1.67 bits per heavy atom. The summed E-state index contributed by atoms with van der Waals surface area (Å²) in [6.45, 7) is 9.60. The van der Waals surface area contributed by atoms with E-state index in [1.807, 2.05) is 6.92 Å². The third-order valence-electron chi connectivity index (χ3n) is 1.99. The van der Waals surface area contributed by atoms with E-state index in [1.54, 1.807) is 13.8 Å². The Hall–Kier alpha value is -0.730. The molecular weight excluding hydrogens is 280 g/mol. The van der Waals surface area contributed by atoms with Gasteiger partial charge in [0.25, 0.3) is 0 Å². The van der Waals surface area contributed by atoms with Crippen LogP contribution in [-0.4, -0.2) is 74.6 Å². The highest BCUT2D eigenvalue weighted by molar-refractivity contribution is 5.65. The minimum atomic E-state index is -0.445. The Bertz CT molecular complexity index is 221. The third kappa shape index (κ3) is 24.6. The summed E-state index contributed by atoms with van der Waals surface area (Å²) < 4.78 is 19.7. The molecule has 7 heteroatoms. The molecule has 0 spiro atoms. The molecule has 0 aliphatic rings. The summed E-state index contributed by atoms with van der Waals surface area (Å²) >= 11 is 0. The van der Waals surface area contributed by atoms with E-state index >= 15 is 0 Å². The molecule has 7 nitrogen and oxygen atoms in total. The van der Waals surface area contributed by atoms with Gasteiger partial charge in [0.1, 0.15) is 6.61 Å². The lowest BCUT2D eigenvalue weighted by Gasteiger charge is -2.10. The van der Waals surface area contributed by atoms with Crippen LogP contribution in [0.25, 0.3) is 0 Å². The summed E-state index contributed by atoms with van der Waals surface area (Å²) in [5.41, 5.74) is 0. The van der Waals surface area contributed by atoms with Crippen LogP contribution in [0.5, 0.6) is 0 Å². The summed E-state index contributed by atoms with van der Waals surface area (Å²) in [6.07, 6.45) is -0.612. The molecule has 0 aromatic rings. The largest absolute Gasteiger partial charge is 0.463 e. The summed E-state index contributed by atoms with van der Waals surface area (Å²) in [4.78, 5) is 10.3. The number of hydrogen-bond donors (Lipinski definition) is 2. The molecule has 0 bridgehead atoms. The van der Waals surface area contributed by atoms with Gasteiger partial charge >= 0.3 is 5.97 Å². The van der Waals surface area contributed by atoms with Crippen LogP contribution in [0.1, 0.15) is 27.7 Å². The second kappa shape index (κ2) is 17.3. The van der Waals surface area contributed by atoms with E-state index in [0.717, 1.165) is 0 Å². The molecule has 0 aliphatic heterocycles. The monoisotopic (exact) mass is 310 g/mol. The van der Waals surface area contributed by atoms with Gasteiger partial charge in [-0.25, -0.2) is 0 Å². The predicted octanol–water partition coefficient (Wildman–Crippen LogP) is 0.367. The van der Waals surface area contributed by atoms with Gasteiger partial charge in [-0.15, -0.1) is 0 Å². The molecule has 0 rings (SSSR count). The molecule has 128 valence electrons. The Balaban J connectivity index is 0. The van der Waals surface area contributed by atoms with Gasteiger partial charge in [0, 0.05) is 13.5 Å². The maximum atomic E-state index is 10.3. The molecule has 0 fully saturated rings. The van der Waals surface area contributed by atoms with Gasteiger partial charge < -0.3 is 29.2 Å². The topological polar surface area (TPSA) is 94.5 Å². The SMILES string of the molecule is CC(O)COC(C)CO.CCOCCOCCOC(C)=O. The fourth-order valence-corrected chi connectivity index (χ4v) is 0.965. The lowest BCUT2D eigenvalue weighted by atomic mass is 10.4. The van der Waals surface area contributed by atoms with Crippen LogP contribution in [0, 0.1) is 0 Å². The van der Waals surface area contributed by atoms with Gasteiger partial charge in [-0.05, 0) is 20.8 Å². The molecule has 0 saturated carbocycles. The standard InChI is InChI=1S/C8H16O4.C6H14O3/c1-3-10-4-5-11-6-7-12-8(2)9;1-5(8)4-9-6(2)3-7/h3-7H2,1-2H3;5-8H,3-4H2,1-2H3. The molecule has 0 heterocycles.